The van der Waals surface area contributed by atoms with Crippen LogP contribution in [0.3, 0.4) is 0 Å². The predicted molar refractivity (Wildman–Crippen MR) is 110 cm³/mol. The number of hydrogen-bond acceptors (Lipinski definition) is 5. The van der Waals surface area contributed by atoms with Gasteiger partial charge in [0.1, 0.15) is 0 Å². The average molecular weight is 401 g/mol. The average Bonchev–Trinajstić information content (AvgIpc) is 3.17. The van der Waals surface area contributed by atoms with Crippen LogP contribution in [0.1, 0.15) is 68.7 Å². The number of esters is 1. The van der Waals surface area contributed by atoms with Gasteiger partial charge in [-0.15, -0.1) is 11.3 Å². The van der Waals surface area contributed by atoms with E-state index in [1.807, 2.05) is 18.2 Å². The highest BCUT2D eigenvalue weighted by Crippen LogP contribution is 2.41. The van der Waals surface area contributed by atoms with Crippen LogP contribution in [0.15, 0.2) is 24.3 Å². The van der Waals surface area contributed by atoms with Crippen LogP contribution in [0.5, 0.6) is 0 Å². The Labute approximate surface area is 169 Å². The SMILES string of the molecule is O=C(COC(=O)[C@@H]1CCCC[C@@H]1c1nc2ccccc2s1)NC1CCCCC1. The van der Waals surface area contributed by atoms with Crippen LogP contribution in [0.4, 0.5) is 0 Å². The summed E-state index contributed by atoms with van der Waals surface area (Å²) in [5, 5.41) is 4.03. The molecule has 0 radical (unpaired) electrons. The summed E-state index contributed by atoms with van der Waals surface area (Å²) in [6.45, 7) is -0.168. The molecule has 0 bridgehead atoms. The fraction of sp³-hybridized carbons (Fsp3) is 0.591. The summed E-state index contributed by atoms with van der Waals surface area (Å²) < 4.78 is 6.59. The Hall–Kier alpha value is -1.95. The minimum atomic E-state index is -0.247. The molecule has 2 aliphatic carbocycles. The summed E-state index contributed by atoms with van der Waals surface area (Å²) in [4.78, 5) is 29.7. The van der Waals surface area contributed by atoms with Crippen molar-refractivity contribution < 1.29 is 14.3 Å². The van der Waals surface area contributed by atoms with E-state index in [4.69, 9.17) is 9.72 Å². The van der Waals surface area contributed by atoms with Crippen molar-refractivity contribution in [3.63, 3.8) is 0 Å². The number of aromatic nitrogens is 1. The van der Waals surface area contributed by atoms with Crippen molar-refractivity contribution in [2.75, 3.05) is 6.61 Å². The van der Waals surface area contributed by atoms with Crippen LogP contribution >= 0.6 is 11.3 Å². The molecule has 150 valence electrons. The van der Waals surface area contributed by atoms with Crippen LogP contribution in [-0.4, -0.2) is 29.5 Å². The van der Waals surface area contributed by atoms with Gasteiger partial charge < -0.3 is 10.1 Å². The van der Waals surface area contributed by atoms with Crippen molar-refractivity contribution in [1.29, 1.82) is 0 Å². The van der Waals surface area contributed by atoms with Gasteiger partial charge in [0.15, 0.2) is 6.61 Å². The molecule has 5 nitrogen and oxygen atoms in total. The number of hydrogen-bond donors (Lipinski definition) is 1. The number of ether oxygens (including phenoxy) is 1. The molecule has 2 atom stereocenters. The molecular formula is C22H28N2O3S. The van der Waals surface area contributed by atoms with Crippen molar-refractivity contribution in [2.24, 2.45) is 5.92 Å². The van der Waals surface area contributed by atoms with Gasteiger partial charge in [0.2, 0.25) is 0 Å². The van der Waals surface area contributed by atoms with Crippen LogP contribution in [0.2, 0.25) is 0 Å². The zero-order valence-corrected chi connectivity index (χ0v) is 17.0. The largest absolute Gasteiger partial charge is 0.455 e. The van der Waals surface area contributed by atoms with Crippen LogP contribution in [0, 0.1) is 5.92 Å². The molecule has 1 aromatic carbocycles. The first-order chi connectivity index (χ1) is 13.7. The second-order valence-electron chi connectivity index (χ2n) is 8.03. The van der Waals surface area contributed by atoms with Gasteiger partial charge in [-0.3, -0.25) is 9.59 Å². The number of amides is 1. The van der Waals surface area contributed by atoms with Gasteiger partial charge in [-0.25, -0.2) is 4.98 Å². The minimum absolute atomic E-state index is 0.0973. The third kappa shape index (κ3) is 4.54. The van der Waals surface area contributed by atoms with Gasteiger partial charge in [-0.05, 0) is 37.8 Å². The molecule has 2 saturated carbocycles. The number of fused-ring (bicyclic) bond motifs is 1. The highest BCUT2D eigenvalue weighted by atomic mass is 32.1. The molecule has 0 spiro atoms. The molecule has 6 heteroatoms. The number of carbonyl (C=O) groups is 2. The lowest BCUT2D eigenvalue weighted by Crippen LogP contribution is -2.39. The van der Waals surface area contributed by atoms with E-state index in [9.17, 15) is 9.59 Å². The van der Waals surface area contributed by atoms with E-state index in [0.717, 1.165) is 66.6 Å². The molecule has 0 unspecified atom stereocenters. The first-order valence-corrected chi connectivity index (χ1v) is 11.3. The summed E-state index contributed by atoms with van der Waals surface area (Å²) in [6.07, 6.45) is 9.52. The molecule has 0 aliphatic heterocycles. The number of nitrogens with one attached hydrogen (secondary N) is 1. The van der Waals surface area contributed by atoms with Crippen LogP contribution < -0.4 is 5.32 Å². The summed E-state index contributed by atoms with van der Waals surface area (Å²) in [6, 6.07) is 8.33. The number of para-hydroxylation sites is 1. The molecule has 1 amide bonds. The molecule has 1 N–H and O–H groups in total. The highest BCUT2D eigenvalue weighted by molar-refractivity contribution is 7.18. The summed E-state index contributed by atoms with van der Waals surface area (Å²) in [5.41, 5.74) is 0.993. The first-order valence-electron chi connectivity index (χ1n) is 10.5. The maximum absolute atomic E-state index is 12.8. The predicted octanol–water partition coefficient (Wildman–Crippen LogP) is 4.56. The van der Waals surface area contributed by atoms with E-state index in [1.165, 1.54) is 6.42 Å². The maximum Gasteiger partial charge on any atom is 0.310 e. The summed E-state index contributed by atoms with van der Waals surface area (Å²) >= 11 is 1.67. The topological polar surface area (TPSA) is 68.3 Å². The number of nitrogens with zero attached hydrogens (tertiary/aromatic N) is 1. The van der Waals surface area contributed by atoms with Gasteiger partial charge in [0.05, 0.1) is 21.1 Å². The van der Waals surface area contributed by atoms with Crippen LogP contribution in [-0.2, 0) is 14.3 Å². The first kappa shape index (κ1) is 19.4. The second kappa shape index (κ2) is 9.03. The van der Waals surface area contributed by atoms with Gasteiger partial charge in [-0.1, -0.05) is 44.2 Å². The lowest BCUT2D eigenvalue weighted by Gasteiger charge is -2.28. The normalized spacial score (nSPS) is 23.4. The lowest BCUT2D eigenvalue weighted by atomic mass is 9.79. The second-order valence-corrected chi connectivity index (χ2v) is 9.09. The monoisotopic (exact) mass is 400 g/mol. The lowest BCUT2D eigenvalue weighted by molar-refractivity contribution is -0.154. The summed E-state index contributed by atoms with van der Waals surface area (Å²) in [7, 11) is 0. The molecule has 2 aromatic rings. The highest BCUT2D eigenvalue weighted by Gasteiger charge is 2.35. The van der Waals surface area contributed by atoms with E-state index in [2.05, 4.69) is 11.4 Å². The molecule has 1 heterocycles. The molecule has 1 aromatic heterocycles. The zero-order chi connectivity index (χ0) is 19.3. The molecule has 2 fully saturated rings. The Morgan fingerprint density at radius 3 is 2.61 bits per heavy atom. The van der Waals surface area contributed by atoms with E-state index in [-0.39, 0.29) is 36.4 Å². The van der Waals surface area contributed by atoms with Crippen molar-refractivity contribution >= 4 is 33.4 Å². The van der Waals surface area contributed by atoms with Crippen molar-refractivity contribution in [1.82, 2.24) is 10.3 Å². The Morgan fingerprint density at radius 2 is 1.79 bits per heavy atom. The smallest absolute Gasteiger partial charge is 0.310 e. The van der Waals surface area contributed by atoms with E-state index in [1.54, 1.807) is 11.3 Å². The third-order valence-electron chi connectivity index (χ3n) is 6.01. The molecule has 0 saturated heterocycles. The van der Waals surface area contributed by atoms with Gasteiger partial charge in [0.25, 0.3) is 5.91 Å². The number of rotatable bonds is 5. The zero-order valence-electron chi connectivity index (χ0n) is 16.2. The number of thiazole rings is 1. The van der Waals surface area contributed by atoms with Gasteiger partial charge >= 0.3 is 5.97 Å². The quantitative estimate of drug-likeness (QED) is 0.747. The van der Waals surface area contributed by atoms with Crippen molar-refractivity contribution in [3.8, 4) is 0 Å². The van der Waals surface area contributed by atoms with E-state index < -0.39 is 0 Å². The van der Waals surface area contributed by atoms with E-state index >= 15 is 0 Å². The van der Waals surface area contributed by atoms with Crippen molar-refractivity contribution in [3.05, 3.63) is 29.3 Å². The fourth-order valence-corrected chi connectivity index (χ4v) is 5.68. The molecular weight excluding hydrogens is 372 g/mol. The molecule has 2 aliphatic rings. The van der Waals surface area contributed by atoms with Crippen LogP contribution in [0.25, 0.3) is 10.2 Å². The van der Waals surface area contributed by atoms with E-state index in [0.29, 0.717) is 0 Å². The Bertz CT molecular complexity index is 795. The molecule has 28 heavy (non-hydrogen) atoms. The molecule has 4 rings (SSSR count). The minimum Gasteiger partial charge on any atom is -0.455 e. The standard InChI is InChI=1S/C22H28N2O3S/c25-20(23-15-8-2-1-3-9-15)14-27-22(26)17-11-5-4-10-16(17)21-24-18-12-6-7-13-19(18)28-21/h6-7,12-13,15-17H,1-5,8-11,14H2,(H,23,25)/t16-,17+/m0/s1. The third-order valence-corrected chi connectivity index (χ3v) is 7.18. The fourth-order valence-electron chi connectivity index (χ4n) is 4.52. The van der Waals surface area contributed by atoms with Gasteiger partial charge in [0, 0.05) is 12.0 Å². The number of carbonyl (C=O) groups excluding carboxylic acids is 2. The number of benzene rings is 1. The Morgan fingerprint density at radius 1 is 1.04 bits per heavy atom. The van der Waals surface area contributed by atoms with Crippen molar-refractivity contribution in [2.45, 2.75) is 69.7 Å². The Kier molecular flexibility index (Phi) is 6.25. The maximum atomic E-state index is 12.8. The van der Waals surface area contributed by atoms with Gasteiger partial charge in [-0.2, -0.15) is 0 Å². The summed E-state index contributed by atoms with van der Waals surface area (Å²) in [5.74, 6) is -0.521. The Balaban J connectivity index is 1.36.